The maximum atomic E-state index is 12.3. The maximum Gasteiger partial charge on any atom is 0.238 e. The molecule has 0 aromatic heterocycles. The summed E-state index contributed by atoms with van der Waals surface area (Å²) in [5.41, 5.74) is 11.2. The smallest absolute Gasteiger partial charge is 0.238 e. The van der Waals surface area contributed by atoms with Crippen LogP contribution in [0.1, 0.15) is 22.1 Å². The van der Waals surface area contributed by atoms with E-state index in [1.807, 2.05) is 35.2 Å². The minimum atomic E-state index is -0.0409. The highest BCUT2D eigenvalue weighted by molar-refractivity contribution is 8.00. The number of hydrogen-bond donors (Lipinski definition) is 1. The van der Waals surface area contributed by atoms with Gasteiger partial charge in [0.25, 0.3) is 0 Å². The summed E-state index contributed by atoms with van der Waals surface area (Å²) in [7, 11) is 0. The third-order valence-corrected chi connectivity index (χ3v) is 5.09. The van der Waals surface area contributed by atoms with Crippen LogP contribution in [-0.2, 0) is 4.79 Å². The molecular weight excluding hydrogens is 280 g/mol. The predicted molar refractivity (Wildman–Crippen MR) is 89.5 cm³/mol. The Balaban J connectivity index is 2.04. The number of nitrogens with zero attached hydrogens (tertiary/aromatic N) is 1. The Morgan fingerprint density at radius 2 is 1.90 bits per heavy atom. The van der Waals surface area contributed by atoms with E-state index in [1.54, 1.807) is 11.8 Å². The largest absolute Gasteiger partial charge is 0.398 e. The second-order valence-electron chi connectivity index (χ2n) is 5.32. The first kappa shape index (κ1) is 14.0. The molecule has 0 saturated carbocycles. The van der Waals surface area contributed by atoms with E-state index in [1.165, 1.54) is 11.1 Å². The van der Waals surface area contributed by atoms with Crippen LogP contribution in [0.2, 0.25) is 0 Å². The zero-order valence-corrected chi connectivity index (χ0v) is 13.0. The van der Waals surface area contributed by atoms with Crippen LogP contribution in [0, 0.1) is 13.8 Å². The van der Waals surface area contributed by atoms with Gasteiger partial charge in [-0.15, -0.1) is 11.8 Å². The number of carbonyl (C=O) groups excluding carboxylic acids is 1. The van der Waals surface area contributed by atoms with Crippen LogP contribution in [0.5, 0.6) is 0 Å². The molecule has 0 bridgehead atoms. The van der Waals surface area contributed by atoms with E-state index in [-0.39, 0.29) is 11.3 Å². The molecule has 4 heteroatoms. The van der Waals surface area contributed by atoms with Crippen molar-refractivity contribution in [1.82, 2.24) is 0 Å². The van der Waals surface area contributed by atoms with Crippen molar-refractivity contribution in [3.63, 3.8) is 0 Å². The highest BCUT2D eigenvalue weighted by Crippen LogP contribution is 2.43. The molecule has 1 fully saturated rings. The summed E-state index contributed by atoms with van der Waals surface area (Å²) in [5.74, 6) is 0.628. The van der Waals surface area contributed by atoms with E-state index in [0.29, 0.717) is 5.75 Å². The van der Waals surface area contributed by atoms with Crippen molar-refractivity contribution in [3.05, 3.63) is 59.2 Å². The molecule has 0 unspecified atom stereocenters. The number of rotatable bonds is 2. The van der Waals surface area contributed by atoms with E-state index in [2.05, 4.69) is 26.0 Å². The van der Waals surface area contributed by atoms with Crippen molar-refractivity contribution >= 4 is 29.0 Å². The fourth-order valence-corrected chi connectivity index (χ4v) is 3.77. The van der Waals surface area contributed by atoms with Gasteiger partial charge in [-0.05, 0) is 43.2 Å². The molecule has 1 heterocycles. The van der Waals surface area contributed by atoms with Gasteiger partial charge in [0.1, 0.15) is 5.37 Å². The fourth-order valence-electron chi connectivity index (χ4n) is 2.54. The third-order valence-electron chi connectivity index (χ3n) is 3.90. The average Bonchev–Trinajstić information content (AvgIpc) is 2.84. The number of nitrogens with two attached hydrogens (primary N) is 1. The number of nitrogen functional groups attached to an aromatic ring is 1. The predicted octanol–water partition coefficient (Wildman–Crippen LogP) is 3.66. The van der Waals surface area contributed by atoms with Gasteiger partial charge in [-0.25, -0.2) is 0 Å². The third kappa shape index (κ3) is 2.51. The first-order chi connectivity index (χ1) is 10.1. The van der Waals surface area contributed by atoms with Gasteiger partial charge in [0, 0.05) is 16.9 Å². The van der Waals surface area contributed by atoms with Gasteiger partial charge < -0.3 is 5.73 Å². The highest BCUT2D eigenvalue weighted by atomic mass is 32.2. The quantitative estimate of drug-likeness (QED) is 0.861. The normalized spacial score (nSPS) is 18.3. The van der Waals surface area contributed by atoms with E-state index < -0.39 is 0 Å². The summed E-state index contributed by atoms with van der Waals surface area (Å²) in [6.07, 6.45) is 0. The zero-order valence-electron chi connectivity index (χ0n) is 12.2. The van der Waals surface area contributed by atoms with Crippen molar-refractivity contribution in [2.75, 3.05) is 16.4 Å². The molecule has 0 aliphatic carbocycles. The van der Waals surface area contributed by atoms with Crippen LogP contribution in [0.25, 0.3) is 0 Å². The number of carbonyl (C=O) groups is 1. The number of benzene rings is 2. The van der Waals surface area contributed by atoms with Crippen LogP contribution >= 0.6 is 11.8 Å². The SMILES string of the molecule is Cc1ccc(N2C(=O)CS[C@@H]2c2ccccc2N)cc1C. The second-order valence-corrected chi connectivity index (χ2v) is 6.39. The second kappa shape index (κ2) is 5.45. The Bertz CT molecular complexity index is 699. The molecule has 108 valence electrons. The summed E-state index contributed by atoms with van der Waals surface area (Å²) in [6, 6.07) is 13.9. The fraction of sp³-hybridized carbons (Fsp3) is 0.235. The molecule has 3 nitrogen and oxygen atoms in total. The maximum absolute atomic E-state index is 12.3. The summed E-state index contributed by atoms with van der Waals surface area (Å²) in [5, 5.41) is -0.0409. The Kier molecular flexibility index (Phi) is 3.64. The van der Waals surface area contributed by atoms with Gasteiger partial charge in [0.15, 0.2) is 0 Å². The van der Waals surface area contributed by atoms with E-state index in [9.17, 15) is 4.79 Å². The molecule has 1 saturated heterocycles. The van der Waals surface area contributed by atoms with Gasteiger partial charge >= 0.3 is 0 Å². The molecule has 21 heavy (non-hydrogen) atoms. The number of aryl methyl sites for hydroxylation is 2. The van der Waals surface area contributed by atoms with Crippen molar-refractivity contribution < 1.29 is 4.79 Å². The lowest BCUT2D eigenvalue weighted by molar-refractivity contribution is -0.115. The lowest BCUT2D eigenvalue weighted by Crippen LogP contribution is -2.28. The van der Waals surface area contributed by atoms with Crippen LogP contribution in [0.3, 0.4) is 0 Å². The Labute approximate surface area is 129 Å². The molecular formula is C17H18N2OS. The van der Waals surface area contributed by atoms with Crippen LogP contribution in [0.4, 0.5) is 11.4 Å². The minimum Gasteiger partial charge on any atom is -0.398 e. The first-order valence-electron chi connectivity index (χ1n) is 6.93. The van der Waals surface area contributed by atoms with Crippen molar-refractivity contribution in [2.24, 2.45) is 0 Å². The van der Waals surface area contributed by atoms with Gasteiger partial charge in [-0.3, -0.25) is 9.69 Å². The van der Waals surface area contributed by atoms with Crippen molar-refractivity contribution in [1.29, 1.82) is 0 Å². The molecule has 3 rings (SSSR count). The average molecular weight is 298 g/mol. The number of thioether (sulfide) groups is 1. The van der Waals surface area contributed by atoms with E-state index in [4.69, 9.17) is 5.73 Å². The minimum absolute atomic E-state index is 0.0409. The zero-order chi connectivity index (χ0) is 15.0. The van der Waals surface area contributed by atoms with Gasteiger partial charge in [0.05, 0.1) is 5.75 Å². The summed E-state index contributed by atoms with van der Waals surface area (Å²) in [6.45, 7) is 4.14. The first-order valence-corrected chi connectivity index (χ1v) is 7.98. The number of amides is 1. The molecule has 1 aliphatic heterocycles. The lowest BCUT2D eigenvalue weighted by atomic mass is 10.1. The molecule has 1 atom stereocenters. The van der Waals surface area contributed by atoms with Crippen LogP contribution in [-0.4, -0.2) is 11.7 Å². The van der Waals surface area contributed by atoms with Gasteiger partial charge in [-0.2, -0.15) is 0 Å². The molecule has 2 N–H and O–H groups in total. The molecule has 0 radical (unpaired) electrons. The standard InChI is InChI=1S/C17H18N2OS/c1-11-7-8-13(9-12(11)2)19-16(20)10-21-17(19)14-5-3-4-6-15(14)18/h3-9,17H,10,18H2,1-2H3/t17-/m1/s1. The Morgan fingerprint density at radius 1 is 1.14 bits per heavy atom. The van der Waals surface area contributed by atoms with E-state index in [0.717, 1.165) is 16.9 Å². The molecule has 2 aromatic carbocycles. The monoisotopic (exact) mass is 298 g/mol. The molecule has 2 aromatic rings. The van der Waals surface area contributed by atoms with Crippen LogP contribution < -0.4 is 10.6 Å². The van der Waals surface area contributed by atoms with Crippen molar-refractivity contribution in [2.45, 2.75) is 19.2 Å². The topological polar surface area (TPSA) is 46.3 Å². The highest BCUT2D eigenvalue weighted by Gasteiger charge is 2.34. The van der Waals surface area contributed by atoms with Crippen LogP contribution in [0.15, 0.2) is 42.5 Å². The molecule has 1 amide bonds. The Morgan fingerprint density at radius 3 is 2.62 bits per heavy atom. The van der Waals surface area contributed by atoms with E-state index >= 15 is 0 Å². The number of hydrogen-bond acceptors (Lipinski definition) is 3. The molecule has 1 aliphatic rings. The lowest BCUT2D eigenvalue weighted by Gasteiger charge is -2.26. The summed E-state index contributed by atoms with van der Waals surface area (Å²) < 4.78 is 0. The van der Waals surface area contributed by atoms with Gasteiger partial charge in [-0.1, -0.05) is 24.3 Å². The Hall–Kier alpha value is -1.94. The summed E-state index contributed by atoms with van der Waals surface area (Å²) >= 11 is 1.63. The number of anilines is 2. The van der Waals surface area contributed by atoms with Crippen molar-refractivity contribution in [3.8, 4) is 0 Å². The number of para-hydroxylation sites is 1. The molecule has 0 spiro atoms. The van der Waals surface area contributed by atoms with Gasteiger partial charge in [0.2, 0.25) is 5.91 Å². The summed E-state index contributed by atoms with van der Waals surface area (Å²) in [4.78, 5) is 14.2.